The standard InChI is InChI=1S/C15H21N3O.C2H4/c16-14(19)11-13(18-9-5-2-6-10-18)15(17)12-7-3-1-4-8-12;1-2/h3,7-8,11,17H,1-2,4-6,9-10H2,(H2,16,19);1-2H2/b13-11+,17-15?;. The van der Waals surface area contributed by atoms with Crippen LogP contribution in [-0.2, 0) is 4.79 Å². The molecule has 0 aromatic heterocycles. The smallest absolute Gasteiger partial charge is 0.243 e. The van der Waals surface area contributed by atoms with Crippen LogP contribution in [0.3, 0.4) is 0 Å². The van der Waals surface area contributed by atoms with Crippen molar-refractivity contribution in [3.05, 3.63) is 48.7 Å². The molecule has 1 amide bonds. The van der Waals surface area contributed by atoms with Gasteiger partial charge in [-0.2, -0.15) is 0 Å². The molecule has 1 aliphatic heterocycles. The van der Waals surface area contributed by atoms with Gasteiger partial charge in [0.2, 0.25) is 5.91 Å². The van der Waals surface area contributed by atoms with Gasteiger partial charge in [0.25, 0.3) is 0 Å². The highest BCUT2D eigenvalue weighted by molar-refractivity contribution is 6.14. The molecule has 114 valence electrons. The van der Waals surface area contributed by atoms with Crippen molar-refractivity contribution >= 4 is 11.6 Å². The Balaban J connectivity index is 0.00000106. The Morgan fingerprint density at radius 3 is 2.43 bits per heavy atom. The summed E-state index contributed by atoms with van der Waals surface area (Å²) in [5, 5.41) is 8.33. The van der Waals surface area contributed by atoms with Crippen molar-refractivity contribution in [2.75, 3.05) is 13.1 Å². The van der Waals surface area contributed by atoms with E-state index in [0.717, 1.165) is 44.3 Å². The lowest BCUT2D eigenvalue weighted by atomic mass is 9.98. The van der Waals surface area contributed by atoms with Gasteiger partial charge in [0.1, 0.15) is 0 Å². The fourth-order valence-electron chi connectivity index (χ4n) is 2.54. The fraction of sp³-hybridized carbons (Fsp3) is 0.412. The van der Waals surface area contributed by atoms with Gasteiger partial charge in [-0.15, -0.1) is 13.2 Å². The first-order chi connectivity index (χ1) is 10.2. The molecule has 0 aromatic carbocycles. The largest absolute Gasteiger partial charge is 0.370 e. The van der Waals surface area contributed by atoms with Gasteiger partial charge in [-0.05, 0) is 37.7 Å². The first kappa shape index (κ1) is 17.0. The third-order valence-corrected chi connectivity index (χ3v) is 3.52. The summed E-state index contributed by atoms with van der Waals surface area (Å²) >= 11 is 0. The summed E-state index contributed by atoms with van der Waals surface area (Å²) in [6.07, 6.45) is 12.9. The number of nitrogens with one attached hydrogen (secondary N) is 1. The van der Waals surface area contributed by atoms with Crippen LogP contribution in [0.2, 0.25) is 0 Å². The second-order valence-electron chi connectivity index (χ2n) is 4.99. The zero-order chi connectivity index (χ0) is 15.7. The first-order valence-corrected chi connectivity index (χ1v) is 7.40. The molecule has 4 nitrogen and oxygen atoms in total. The van der Waals surface area contributed by atoms with E-state index in [4.69, 9.17) is 11.1 Å². The van der Waals surface area contributed by atoms with Crippen LogP contribution in [0.1, 0.15) is 32.1 Å². The molecule has 0 spiro atoms. The predicted molar refractivity (Wildman–Crippen MR) is 88.1 cm³/mol. The summed E-state index contributed by atoms with van der Waals surface area (Å²) in [5.74, 6) is -0.481. The number of carbonyl (C=O) groups excluding carboxylic acids is 1. The maximum absolute atomic E-state index is 11.2. The Labute approximate surface area is 127 Å². The van der Waals surface area contributed by atoms with E-state index >= 15 is 0 Å². The third kappa shape index (κ3) is 5.06. The number of allylic oxidation sites excluding steroid dienone is 4. The van der Waals surface area contributed by atoms with Crippen LogP contribution in [0.25, 0.3) is 0 Å². The SMILES string of the molecule is C=C.N=C(C1=CCCC=C1)/C(=C\C(N)=O)N1CCCCC1. The molecule has 1 saturated heterocycles. The van der Waals surface area contributed by atoms with E-state index in [9.17, 15) is 4.79 Å². The van der Waals surface area contributed by atoms with E-state index in [-0.39, 0.29) is 0 Å². The number of piperidine rings is 1. The number of carbonyl (C=O) groups is 1. The molecule has 21 heavy (non-hydrogen) atoms. The second kappa shape index (κ2) is 8.95. The lowest BCUT2D eigenvalue weighted by molar-refractivity contribution is -0.113. The molecule has 2 rings (SSSR count). The number of amides is 1. The van der Waals surface area contributed by atoms with Crippen LogP contribution >= 0.6 is 0 Å². The summed E-state index contributed by atoms with van der Waals surface area (Å²) < 4.78 is 0. The van der Waals surface area contributed by atoms with Gasteiger partial charge in [0.05, 0.1) is 11.4 Å². The molecule has 1 heterocycles. The van der Waals surface area contributed by atoms with Crippen LogP contribution in [0.4, 0.5) is 0 Å². The van der Waals surface area contributed by atoms with Crippen molar-refractivity contribution in [1.82, 2.24) is 4.90 Å². The lowest BCUT2D eigenvalue weighted by Crippen LogP contribution is -2.34. The highest BCUT2D eigenvalue weighted by atomic mass is 16.1. The molecule has 1 aliphatic carbocycles. The lowest BCUT2D eigenvalue weighted by Gasteiger charge is -2.31. The van der Waals surface area contributed by atoms with Crippen molar-refractivity contribution in [2.45, 2.75) is 32.1 Å². The van der Waals surface area contributed by atoms with Gasteiger partial charge in [-0.1, -0.05) is 18.2 Å². The molecular weight excluding hydrogens is 262 g/mol. The van der Waals surface area contributed by atoms with Gasteiger partial charge in [-0.25, -0.2) is 0 Å². The van der Waals surface area contributed by atoms with Gasteiger partial charge in [-0.3, -0.25) is 10.2 Å². The second-order valence-corrected chi connectivity index (χ2v) is 4.99. The summed E-state index contributed by atoms with van der Waals surface area (Å²) in [6, 6.07) is 0. The molecule has 0 bridgehead atoms. The van der Waals surface area contributed by atoms with Crippen molar-refractivity contribution in [1.29, 1.82) is 5.41 Å². The number of rotatable bonds is 4. The average Bonchev–Trinajstić information content (AvgIpc) is 2.55. The van der Waals surface area contributed by atoms with E-state index in [1.165, 1.54) is 12.5 Å². The summed E-state index contributed by atoms with van der Waals surface area (Å²) in [6.45, 7) is 7.80. The topological polar surface area (TPSA) is 70.2 Å². The normalized spacial score (nSPS) is 18.4. The Bertz CT molecular complexity index is 468. The van der Waals surface area contributed by atoms with Crippen LogP contribution in [0.15, 0.2) is 48.7 Å². The minimum absolute atomic E-state index is 0.414. The molecule has 3 N–H and O–H groups in total. The molecule has 0 atom stereocenters. The van der Waals surface area contributed by atoms with Crippen molar-refractivity contribution in [2.24, 2.45) is 5.73 Å². The quantitative estimate of drug-likeness (QED) is 0.474. The predicted octanol–water partition coefficient (Wildman–Crippen LogP) is 2.94. The Morgan fingerprint density at radius 1 is 1.24 bits per heavy atom. The van der Waals surface area contributed by atoms with Crippen LogP contribution < -0.4 is 5.73 Å². The monoisotopic (exact) mass is 287 g/mol. The van der Waals surface area contributed by atoms with E-state index in [0.29, 0.717) is 11.4 Å². The van der Waals surface area contributed by atoms with Gasteiger partial charge in [0.15, 0.2) is 0 Å². The number of hydrogen-bond donors (Lipinski definition) is 2. The van der Waals surface area contributed by atoms with Crippen LogP contribution in [-0.4, -0.2) is 29.6 Å². The number of nitrogens with two attached hydrogens (primary N) is 1. The molecule has 0 aromatic rings. The molecule has 0 radical (unpaired) electrons. The summed E-state index contributed by atoms with van der Waals surface area (Å²) in [5.41, 5.74) is 7.27. The zero-order valence-corrected chi connectivity index (χ0v) is 12.6. The van der Waals surface area contributed by atoms with Crippen LogP contribution in [0.5, 0.6) is 0 Å². The minimum Gasteiger partial charge on any atom is -0.370 e. The maximum Gasteiger partial charge on any atom is 0.243 e. The fourth-order valence-corrected chi connectivity index (χ4v) is 2.54. The van der Waals surface area contributed by atoms with E-state index in [1.807, 2.05) is 6.08 Å². The summed E-state index contributed by atoms with van der Waals surface area (Å²) in [4.78, 5) is 13.3. The average molecular weight is 287 g/mol. The van der Waals surface area contributed by atoms with Crippen molar-refractivity contribution in [3.8, 4) is 0 Å². The zero-order valence-electron chi connectivity index (χ0n) is 12.6. The van der Waals surface area contributed by atoms with Gasteiger partial charge < -0.3 is 10.6 Å². The molecule has 2 aliphatic rings. The number of nitrogens with zero attached hydrogens (tertiary/aromatic N) is 1. The van der Waals surface area contributed by atoms with Gasteiger partial charge in [0, 0.05) is 19.2 Å². The third-order valence-electron chi connectivity index (χ3n) is 3.52. The Hall–Kier alpha value is -2.10. The molecule has 1 fully saturated rings. The summed E-state index contributed by atoms with van der Waals surface area (Å²) in [7, 11) is 0. The maximum atomic E-state index is 11.2. The highest BCUT2D eigenvalue weighted by Gasteiger charge is 2.19. The highest BCUT2D eigenvalue weighted by Crippen LogP contribution is 2.21. The van der Waals surface area contributed by atoms with E-state index < -0.39 is 5.91 Å². The number of hydrogen-bond acceptors (Lipinski definition) is 3. The Morgan fingerprint density at radius 2 is 1.90 bits per heavy atom. The first-order valence-electron chi connectivity index (χ1n) is 7.40. The number of likely N-dealkylation sites (tertiary alicyclic amines) is 1. The van der Waals surface area contributed by atoms with Crippen LogP contribution in [0, 0.1) is 5.41 Å². The molecular formula is C17H25N3O. The van der Waals surface area contributed by atoms with Crippen molar-refractivity contribution < 1.29 is 4.79 Å². The van der Waals surface area contributed by atoms with Crippen molar-refractivity contribution in [3.63, 3.8) is 0 Å². The van der Waals surface area contributed by atoms with E-state index in [1.54, 1.807) is 0 Å². The molecule has 0 unspecified atom stereocenters. The van der Waals surface area contributed by atoms with Gasteiger partial charge >= 0.3 is 0 Å². The van der Waals surface area contributed by atoms with E-state index in [2.05, 4.69) is 30.2 Å². The number of primary amides is 1. The Kier molecular flexibility index (Phi) is 7.23. The molecule has 4 heteroatoms. The molecule has 0 saturated carbocycles. The minimum atomic E-state index is -0.481.